The van der Waals surface area contributed by atoms with Crippen molar-refractivity contribution in [3.8, 4) is 0 Å². The molecule has 0 rings (SSSR count). The molecule has 96 valence electrons. The van der Waals surface area contributed by atoms with Gasteiger partial charge in [0.2, 0.25) is 0 Å². The molecule has 0 saturated heterocycles. The number of unbranched alkanes of at least 4 members (excludes halogenated alkanes) is 2. The second-order valence-electron chi connectivity index (χ2n) is 5.42. The molecule has 0 heterocycles. The summed E-state index contributed by atoms with van der Waals surface area (Å²) < 4.78 is 0. The molecule has 16 heavy (non-hydrogen) atoms. The summed E-state index contributed by atoms with van der Waals surface area (Å²) in [4.78, 5) is 2.43. The maximum atomic E-state index is 3.78. The predicted octanol–water partition coefficient (Wildman–Crippen LogP) is 3.05. The minimum atomic E-state index is 0.262. The second-order valence-corrected chi connectivity index (χ2v) is 5.42. The SMILES string of the molecule is C=CCN(CC)CCCCCNC(C)(C)C. The Balaban J connectivity index is 3.35. The van der Waals surface area contributed by atoms with Crippen LogP contribution in [0.1, 0.15) is 47.0 Å². The van der Waals surface area contributed by atoms with E-state index in [9.17, 15) is 0 Å². The van der Waals surface area contributed by atoms with Gasteiger partial charge < -0.3 is 5.32 Å². The van der Waals surface area contributed by atoms with Crippen LogP contribution in [0.25, 0.3) is 0 Å². The Morgan fingerprint density at radius 2 is 1.88 bits per heavy atom. The van der Waals surface area contributed by atoms with Crippen molar-refractivity contribution in [1.29, 1.82) is 0 Å². The molecule has 0 aromatic rings. The van der Waals surface area contributed by atoms with E-state index in [4.69, 9.17) is 0 Å². The summed E-state index contributed by atoms with van der Waals surface area (Å²) in [7, 11) is 0. The molecule has 0 unspecified atom stereocenters. The molecule has 0 aliphatic rings. The molecule has 0 bridgehead atoms. The number of nitrogens with zero attached hydrogens (tertiary/aromatic N) is 1. The van der Waals surface area contributed by atoms with E-state index in [0.717, 1.165) is 19.6 Å². The monoisotopic (exact) mass is 226 g/mol. The van der Waals surface area contributed by atoms with Crippen LogP contribution in [0.3, 0.4) is 0 Å². The van der Waals surface area contributed by atoms with Gasteiger partial charge in [-0.25, -0.2) is 0 Å². The Morgan fingerprint density at radius 1 is 1.19 bits per heavy atom. The highest BCUT2D eigenvalue weighted by Gasteiger charge is 2.07. The van der Waals surface area contributed by atoms with Gasteiger partial charge in [-0.2, -0.15) is 0 Å². The Labute approximate surface area is 102 Å². The molecule has 0 aliphatic heterocycles. The fraction of sp³-hybridized carbons (Fsp3) is 0.857. The molecule has 2 heteroatoms. The summed E-state index contributed by atoms with van der Waals surface area (Å²) in [6.07, 6.45) is 5.89. The summed E-state index contributed by atoms with van der Waals surface area (Å²) in [5.41, 5.74) is 0.262. The van der Waals surface area contributed by atoms with Crippen molar-refractivity contribution >= 4 is 0 Å². The summed E-state index contributed by atoms with van der Waals surface area (Å²) in [6.45, 7) is 17.1. The van der Waals surface area contributed by atoms with E-state index in [0.29, 0.717) is 0 Å². The van der Waals surface area contributed by atoms with Crippen LogP contribution in [0.4, 0.5) is 0 Å². The van der Waals surface area contributed by atoms with Crippen LogP contribution in [-0.2, 0) is 0 Å². The minimum absolute atomic E-state index is 0.262. The molecule has 0 aromatic carbocycles. The number of hydrogen-bond acceptors (Lipinski definition) is 2. The van der Waals surface area contributed by atoms with Crippen molar-refractivity contribution < 1.29 is 0 Å². The lowest BCUT2D eigenvalue weighted by atomic mass is 10.1. The number of nitrogens with one attached hydrogen (secondary N) is 1. The van der Waals surface area contributed by atoms with Gasteiger partial charge in [-0.15, -0.1) is 6.58 Å². The fourth-order valence-corrected chi connectivity index (χ4v) is 1.66. The van der Waals surface area contributed by atoms with Gasteiger partial charge in [0.1, 0.15) is 0 Å². The Kier molecular flexibility index (Phi) is 8.58. The lowest BCUT2D eigenvalue weighted by Crippen LogP contribution is -2.36. The third kappa shape index (κ3) is 10.2. The van der Waals surface area contributed by atoms with Gasteiger partial charge in [0.05, 0.1) is 0 Å². The van der Waals surface area contributed by atoms with Crippen LogP contribution >= 0.6 is 0 Å². The first kappa shape index (κ1) is 15.7. The zero-order valence-corrected chi connectivity index (χ0v) is 11.7. The van der Waals surface area contributed by atoms with Crippen LogP contribution in [0.15, 0.2) is 12.7 Å². The normalized spacial score (nSPS) is 12.1. The smallest absolute Gasteiger partial charge is 0.0160 e. The average Bonchev–Trinajstić information content (AvgIpc) is 2.20. The van der Waals surface area contributed by atoms with E-state index in [1.165, 1.54) is 25.8 Å². The van der Waals surface area contributed by atoms with E-state index in [1.807, 2.05) is 6.08 Å². The van der Waals surface area contributed by atoms with Gasteiger partial charge in [0.15, 0.2) is 0 Å². The summed E-state index contributed by atoms with van der Waals surface area (Å²) in [5.74, 6) is 0. The summed E-state index contributed by atoms with van der Waals surface area (Å²) in [6, 6.07) is 0. The average molecular weight is 226 g/mol. The molecule has 0 fully saturated rings. The maximum absolute atomic E-state index is 3.78. The van der Waals surface area contributed by atoms with Crippen LogP contribution < -0.4 is 5.32 Å². The molecule has 0 radical (unpaired) electrons. The van der Waals surface area contributed by atoms with E-state index in [1.54, 1.807) is 0 Å². The van der Waals surface area contributed by atoms with Crippen molar-refractivity contribution in [1.82, 2.24) is 10.2 Å². The predicted molar refractivity (Wildman–Crippen MR) is 73.9 cm³/mol. The lowest BCUT2D eigenvalue weighted by Gasteiger charge is -2.21. The van der Waals surface area contributed by atoms with Crippen molar-refractivity contribution in [2.24, 2.45) is 0 Å². The van der Waals surface area contributed by atoms with Crippen LogP contribution in [-0.4, -0.2) is 36.6 Å². The van der Waals surface area contributed by atoms with E-state index in [-0.39, 0.29) is 5.54 Å². The number of likely N-dealkylation sites (N-methyl/N-ethyl adjacent to an activating group) is 1. The van der Waals surface area contributed by atoms with Gasteiger partial charge in [0, 0.05) is 12.1 Å². The quantitative estimate of drug-likeness (QED) is 0.480. The third-order valence-electron chi connectivity index (χ3n) is 2.64. The molecule has 1 N–H and O–H groups in total. The molecule has 0 aliphatic carbocycles. The molecule has 0 spiro atoms. The van der Waals surface area contributed by atoms with Gasteiger partial charge in [0.25, 0.3) is 0 Å². The highest BCUT2D eigenvalue weighted by Crippen LogP contribution is 2.02. The number of rotatable bonds is 9. The molecule has 0 aromatic heterocycles. The first-order chi connectivity index (χ1) is 7.49. The van der Waals surface area contributed by atoms with E-state index >= 15 is 0 Å². The van der Waals surface area contributed by atoms with E-state index < -0.39 is 0 Å². The van der Waals surface area contributed by atoms with Crippen LogP contribution in [0, 0.1) is 0 Å². The van der Waals surface area contributed by atoms with Crippen molar-refractivity contribution in [2.45, 2.75) is 52.5 Å². The summed E-state index contributed by atoms with van der Waals surface area (Å²) in [5, 5.41) is 3.52. The summed E-state index contributed by atoms with van der Waals surface area (Å²) >= 11 is 0. The zero-order chi connectivity index (χ0) is 12.4. The van der Waals surface area contributed by atoms with Crippen molar-refractivity contribution in [2.75, 3.05) is 26.2 Å². The maximum Gasteiger partial charge on any atom is 0.0160 e. The van der Waals surface area contributed by atoms with Gasteiger partial charge in [-0.3, -0.25) is 4.90 Å². The van der Waals surface area contributed by atoms with Gasteiger partial charge in [-0.05, 0) is 53.2 Å². The van der Waals surface area contributed by atoms with Crippen LogP contribution in [0.2, 0.25) is 0 Å². The van der Waals surface area contributed by atoms with E-state index in [2.05, 4.69) is 44.5 Å². The topological polar surface area (TPSA) is 15.3 Å². The Bertz CT molecular complexity index is 170. The van der Waals surface area contributed by atoms with Gasteiger partial charge in [-0.1, -0.05) is 19.4 Å². The molecule has 2 nitrogen and oxygen atoms in total. The zero-order valence-electron chi connectivity index (χ0n) is 11.7. The number of hydrogen-bond donors (Lipinski definition) is 1. The highest BCUT2D eigenvalue weighted by molar-refractivity contribution is 4.73. The molecule has 0 amide bonds. The Hall–Kier alpha value is -0.340. The van der Waals surface area contributed by atoms with Crippen LogP contribution in [0.5, 0.6) is 0 Å². The first-order valence-electron chi connectivity index (χ1n) is 6.58. The van der Waals surface area contributed by atoms with Crippen molar-refractivity contribution in [3.63, 3.8) is 0 Å². The first-order valence-corrected chi connectivity index (χ1v) is 6.58. The van der Waals surface area contributed by atoms with Crippen molar-refractivity contribution in [3.05, 3.63) is 12.7 Å². The fourth-order valence-electron chi connectivity index (χ4n) is 1.66. The largest absolute Gasteiger partial charge is 0.312 e. The lowest BCUT2D eigenvalue weighted by molar-refractivity contribution is 0.308. The molecular formula is C14H30N2. The minimum Gasteiger partial charge on any atom is -0.312 e. The highest BCUT2D eigenvalue weighted by atomic mass is 15.1. The molecule has 0 atom stereocenters. The molecular weight excluding hydrogens is 196 g/mol. The third-order valence-corrected chi connectivity index (χ3v) is 2.64. The Morgan fingerprint density at radius 3 is 2.38 bits per heavy atom. The standard InChI is InChI=1S/C14H30N2/c1-6-12-16(7-2)13-10-8-9-11-15-14(3,4)5/h6,15H,1,7-13H2,2-5H3. The molecule has 0 saturated carbocycles. The van der Waals surface area contributed by atoms with Gasteiger partial charge >= 0.3 is 0 Å². The second kappa shape index (κ2) is 8.77.